The van der Waals surface area contributed by atoms with Crippen LogP contribution in [0.1, 0.15) is 34.1 Å². The van der Waals surface area contributed by atoms with E-state index in [-0.39, 0.29) is 11.7 Å². The minimum atomic E-state index is -0.741. The maximum absolute atomic E-state index is 11.7. The Bertz CT molecular complexity index is 409. The van der Waals surface area contributed by atoms with Crippen molar-refractivity contribution < 1.29 is 19.1 Å². The fourth-order valence-electron chi connectivity index (χ4n) is 1.76. The summed E-state index contributed by atoms with van der Waals surface area (Å²) in [6.07, 6.45) is 2.95. The molecule has 6 nitrogen and oxygen atoms in total. The molecule has 2 N–H and O–H groups in total. The molecular weight excluding hydrogens is 248 g/mol. The molecule has 0 saturated heterocycles. The normalized spacial score (nSPS) is 22.8. The van der Waals surface area contributed by atoms with Crippen LogP contribution in [0.3, 0.4) is 0 Å². The van der Waals surface area contributed by atoms with Gasteiger partial charge in [0.2, 0.25) is 5.91 Å². The van der Waals surface area contributed by atoms with Gasteiger partial charge in [-0.1, -0.05) is 6.08 Å². The molecule has 2 amide bonds. The van der Waals surface area contributed by atoms with Crippen LogP contribution in [0.15, 0.2) is 12.2 Å². The number of carbonyl (C=O) groups is 3. The molecule has 1 aliphatic carbocycles. The summed E-state index contributed by atoms with van der Waals surface area (Å²) < 4.78 is 5.13. The van der Waals surface area contributed by atoms with Crippen molar-refractivity contribution in [2.24, 2.45) is 0 Å². The van der Waals surface area contributed by atoms with Gasteiger partial charge in [0.1, 0.15) is 11.6 Å². The van der Waals surface area contributed by atoms with Crippen LogP contribution in [-0.4, -0.2) is 35.5 Å². The molecule has 0 radical (unpaired) electrons. The number of alkyl carbamates (subject to hydrolysis) is 1. The first-order chi connectivity index (χ1) is 8.69. The molecule has 106 valence electrons. The monoisotopic (exact) mass is 268 g/mol. The molecule has 0 aromatic heterocycles. The molecule has 1 aliphatic rings. The van der Waals surface area contributed by atoms with Crippen LogP contribution in [0, 0.1) is 0 Å². The minimum Gasteiger partial charge on any atom is -0.444 e. The lowest BCUT2D eigenvalue weighted by molar-refractivity contribution is -0.125. The Balaban J connectivity index is 2.69. The number of amides is 2. The second-order valence-corrected chi connectivity index (χ2v) is 5.47. The maximum atomic E-state index is 11.7. The van der Waals surface area contributed by atoms with E-state index in [0.717, 1.165) is 0 Å². The van der Waals surface area contributed by atoms with Crippen molar-refractivity contribution in [2.75, 3.05) is 0 Å². The minimum absolute atomic E-state index is 0.234. The molecule has 0 aromatic carbocycles. The van der Waals surface area contributed by atoms with Crippen LogP contribution in [-0.2, 0) is 14.3 Å². The molecule has 1 rings (SSSR count). The quantitative estimate of drug-likeness (QED) is 0.779. The first kappa shape index (κ1) is 15.2. The molecular formula is C13H20N2O4. The zero-order valence-electron chi connectivity index (χ0n) is 11.6. The third-order valence-electron chi connectivity index (χ3n) is 2.44. The molecule has 0 saturated carbocycles. The third kappa shape index (κ3) is 5.11. The molecule has 0 aromatic rings. The highest BCUT2D eigenvalue weighted by atomic mass is 16.6. The van der Waals surface area contributed by atoms with Crippen LogP contribution in [0.4, 0.5) is 4.79 Å². The Morgan fingerprint density at radius 2 is 1.95 bits per heavy atom. The zero-order chi connectivity index (χ0) is 14.6. The Labute approximate surface area is 112 Å². The average molecular weight is 268 g/mol. The van der Waals surface area contributed by atoms with E-state index in [4.69, 9.17) is 4.74 Å². The summed E-state index contributed by atoms with van der Waals surface area (Å²) in [6, 6.07) is -1.23. The van der Waals surface area contributed by atoms with Gasteiger partial charge in [0.05, 0.1) is 6.04 Å². The highest BCUT2D eigenvalue weighted by Gasteiger charge is 2.32. The van der Waals surface area contributed by atoms with Gasteiger partial charge in [0, 0.05) is 6.92 Å². The number of nitrogens with one attached hydrogen (secondary N) is 2. The smallest absolute Gasteiger partial charge is 0.407 e. The number of ketones is 1. The van der Waals surface area contributed by atoms with Gasteiger partial charge in [-0.25, -0.2) is 4.79 Å². The number of hydrogen-bond donors (Lipinski definition) is 2. The number of hydrogen-bond acceptors (Lipinski definition) is 4. The predicted octanol–water partition coefficient (Wildman–Crippen LogP) is 0.913. The van der Waals surface area contributed by atoms with Gasteiger partial charge in [0.15, 0.2) is 5.78 Å². The molecule has 6 heteroatoms. The Morgan fingerprint density at radius 1 is 1.32 bits per heavy atom. The van der Waals surface area contributed by atoms with E-state index in [1.54, 1.807) is 26.8 Å². The summed E-state index contributed by atoms with van der Waals surface area (Å²) in [5.74, 6) is -0.549. The first-order valence-electron chi connectivity index (χ1n) is 6.16. The van der Waals surface area contributed by atoms with E-state index in [1.807, 2.05) is 0 Å². The maximum Gasteiger partial charge on any atom is 0.407 e. The van der Waals surface area contributed by atoms with Gasteiger partial charge in [0.25, 0.3) is 0 Å². The van der Waals surface area contributed by atoms with E-state index < -0.39 is 23.8 Å². The highest BCUT2D eigenvalue weighted by molar-refractivity contribution is 5.98. The lowest BCUT2D eigenvalue weighted by Crippen LogP contribution is -2.56. The summed E-state index contributed by atoms with van der Waals surface area (Å²) in [5.41, 5.74) is -0.609. The van der Waals surface area contributed by atoms with Gasteiger partial charge >= 0.3 is 6.09 Å². The van der Waals surface area contributed by atoms with Gasteiger partial charge < -0.3 is 15.4 Å². The Morgan fingerprint density at radius 3 is 2.47 bits per heavy atom. The van der Waals surface area contributed by atoms with Crippen molar-refractivity contribution in [1.82, 2.24) is 10.6 Å². The fourth-order valence-corrected chi connectivity index (χ4v) is 1.76. The number of rotatable bonds is 2. The van der Waals surface area contributed by atoms with Crippen molar-refractivity contribution in [2.45, 2.75) is 51.8 Å². The van der Waals surface area contributed by atoms with E-state index >= 15 is 0 Å². The van der Waals surface area contributed by atoms with Crippen molar-refractivity contribution in [3.8, 4) is 0 Å². The predicted molar refractivity (Wildman–Crippen MR) is 69.5 cm³/mol. The second-order valence-electron chi connectivity index (χ2n) is 5.47. The summed E-state index contributed by atoms with van der Waals surface area (Å²) in [5, 5.41) is 5.15. The fraction of sp³-hybridized carbons (Fsp3) is 0.615. The molecule has 0 unspecified atom stereocenters. The van der Waals surface area contributed by atoms with Crippen LogP contribution in [0.5, 0.6) is 0 Å². The standard InChI is InChI=1S/C13H20N2O4/c1-8(16)14-11-9(6-5-7-10(11)17)15-12(18)19-13(2,3)4/h5,7,9,11H,6H2,1-4H3,(H,14,16)(H,15,18)/t9-,11+/m1/s1. The van der Waals surface area contributed by atoms with Gasteiger partial charge in [-0.15, -0.1) is 0 Å². The lowest BCUT2D eigenvalue weighted by atomic mass is 9.95. The van der Waals surface area contributed by atoms with Gasteiger partial charge in [-0.2, -0.15) is 0 Å². The summed E-state index contributed by atoms with van der Waals surface area (Å²) in [4.78, 5) is 34.5. The van der Waals surface area contributed by atoms with Crippen molar-refractivity contribution in [1.29, 1.82) is 0 Å². The number of ether oxygens (including phenoxy) is 1. The molecule has 19 heavy (non-hydrogen) atoms. The topological polar surface area (TPSA) is 84.5 Å². The molecule has 0 heterocycles. The molecule has 0 bridgehead atoms. The summed E-state index contributed by atoms with van der Waals surface area (Å²) in [7, 11) is 0. The average Bonchev–Trinajstić information content (AvgIpc) is 2.19. The molecule has 0 fully saturated rings. The van der Waals surface area contributed by atoms with Crippen LogP contribution in [0.2, 0.25) is 0 Å². The molecule has 2 atom stereocenters. The SMILES string of the molecule is CC(=O)N[C@@H]1C(=O)C=CC[C@H]1NC(=O)OC(C)(C)C. The lowest BCUT2D eigenvalue weighted by Gasteiger charge is -2.29. The van der Waals surface area contributed by atoms with Crippen LogP contribution < -0.4 is 10.6 Å². The van der Waals surface area contributed by atoms with E-state index in [1.165, 1.54) is 13.0 Å². The summed E-state index contributed by atoms with van der Waals surface area (Å²) in [6.45, 7) is 6.59. The molecule has 0 aliphatic heterocycles. The van der Waals surface area contributed by atoms with Gasteiger partial charge in [-0.3, -0.25) is 9.59 Å². The highest BCUT2D eigenvalue weighted by Crippen LogP contribution is 2.12. The second kappa shape index (κ2) is 5.86. The van der Waals surface area contributed by atoms with Gasteiger partial charge in [-0.05, 0) is 33.3 Å². The summed E-state index contributed by atoms with van der Waals surface area (Å²) >= 11 is 0. The van der Waals surface area contributed by atoms with Crippen LogP contribution >= 0.6 is 0 Å². The molecule has 0 spiro atoms. The Hall–Kier alpha value is -1.85. The number of carbonyl (C=O) groups excluding carboxylic acids is 3. The zero-order valence-corrected chi connectivity index (χ0v) is 11.6. The van der Waals surface area contributed by atoms with Crippen molar-refractivity contribution >= 4 is 17.8 Å². The van der Waals surface area contributed by atoms with E-state index in [0.29, 0.717) is 6.42 Å². The van der Waals surface area contributed by atoms with Crippen LogP contribution in [0.25, 0.3) is 0 Å². The van der Waals surface area contributed by atoms with Crippen molar-refractivity contribution in [3.63, 3.8) is 0 Å². The van der Waals surface area contributed by atoms with Crippen molar-refractivity contribution in [3.05, 3.63) is 12.2 Å². The largest absolute Gasteiger partial charge is 0.444 e. The van der Waals surface area contributed by atoms with E-state index in [2.05, 4.69) is 10.6 Å². The van der Waals surface area contributed by atoms with E-state index in [9.17, 15) is 14.4 Å². The Kier molecular flexibility index (Phi) is 4.69. The third-order valence-corrected chi connectivity index (χ3v) is 2.44. The first-order valence-corrected chi connectivity index (χ1v) is 6.16.